The first-order chi connectivity index (χ1) is 10.8. The minimum absolute atomic E-state index is 0.0489. The van der Waals surface area contributed by atoms with Gasteiger partial charge in [0, 0.05) is 31.9 Å². The first kappa shape index (κ1) is 14.8. The molecule has 0 spiro atoms. The lowest BCUT2D eigenvalue weighted by atomic mass is 10.3. The standard InChI is InChI=1S/C17H20N2O3/c1-2-14-5-6-16(22-14)17(20)19-9-7-15(11-19)21-12-13-4-3-8-18-10-13/h3-6,8,10,15H,2,7,9,11-12H2,1H3/t15-/m1/s1. The van der Waals surface area contributed by atoms with Crippen LogP contribution < -0.4 is 0 Å². The third-order valence-corrected chi connectivity index (χ3v) is 3.86. The third kappa shape index (κ3) is 3.36. The van der Waals surface area contributed by atoms with Crippen LogP contribution in [-0.4, -0.2) is 35.0 Å². The first-order valence-corrected chi connectivity index (χ1v) is 7.64. The second-order valence-corrected chi connectivity index (χ2v) is 5.45. The molecule has 22 heavy (non-hydrogen) atoms. The van der Waals surface area contributed by atoms with Crippen LogP contribution in [0.3, 0.4) is 0 Å². The topological polar surface area (TPSA) is 55.6 Å². The molecule has 0 radical (unpaired) electrons. The fourth-order valence-electron chi connectivity index (χ4n) is 2.58. The molecule has 0 aliphatic carbocycles. The van der Waals surface area contributed by atoms with Gasteiger partial charge in [-0.2, -0.15) is 0 Å². The Morgan fingerprint density at radius 1 is 1.45 bits per heavy atom. The average molecular weight is 300 g/mol. The van der Waals surface area contributed by atoms with Crippen molar-refractivity contribution < 1.29 is 13.9 Å². The number of carbonyl (C=O) groups is 1. The van der Waals surface area contributed by atoms with Crippen molar-refractivity contribution in [3.8, 4) is 0 Å². The number of hydrogen-bond acceptors (Lipinski definition) is 4. The fourth-order valence-corrected chi connectivity index (χ4v) is 2.58. The van der Waals surface area contributed by atoms with Crippen LogP contribution in [0.5, 0.6) is 0 Å². The highest BCUT2D eigenvalue weighted by atomic mass is 16.5. The monoisotopic (exact) mass is 300 g/mol. The molecule has 0 unspecified atom stereocenters. The largest absolute Gasteiger partial charge is 0.456 e. The zero-order chi connectivity index (χ0) is 15.4. The summed E-state index contributed by atoms with van der Waals surface area (Å²) in [5.41, 5.74) is 1.05. The van der Waals surface area contributed by atoms with E-state index in [4.69, 9.17) is 9.15 Å². The van der Waals surface area contributed by atoms with Crippen LogP contribution in [0.2, 0.25) is 0 Å². The number of aryl methyl sites for hydroxylation is 1. The van der Waals surface area contributed by atoms with E-state index in [2.05, 4.69) is 4.98 Å². The van der Waals surface area contributed by atoms with Crippen LogP contribution in [0.25, 0.3) is 0 Å². The second kappa shape index (κ2) is 6.75. The zero-order valence-electron chi connectivity index (χ0n) is 12.7. The summed E-state index contributed by atoms with van der Waals surface area (Å²) in [4.78, 5) is 18.2. The van der Waals surface area contributed by atoms with Gasteiger partial charge in [-0.05, 0) is 30.2 Å². The molecule has 2 aromatic heterocycles. The summed E-state index contributed by atoms with van der Waals surface area (Å²) in [6.07, 6.45) is 5.27. The van der Waals surface area contributed by atoms with Crippen molar-refractivity contribution in [1.82, 2.24) is 9.88 Å². The number of nitrogens with zero attached hydrogens (tertiary/aromatic N) is 2. The van der Waals surface area contributed by atoms with Gasteiger partial charge in [0.05, 0.1) is 12.7 Å². The lowest BCUT2D eigenvalue weighted by Crippen LogP contribution is -2.29. The van der Waals surface area contributed by atoms with E-state index in [-0.39, 0.29) is 12.0 Å². The van der Waals surface area contributed by atoms with Gasteiger partial charge in [0.15, 0.2) is 5.76 Å². The van der Waals surface area contributed by atoms with Crippen LogP contribution >= 0.6 is 0 Å². The normalized spacial score (nSPS) is 17.9. The van der Waals surface area contributed by atoms with Gasteiger partial charge >= 0.3 is 0 Å². The maximum Gasteiger partial charge on any atom is 0.289 e. The van der Waals surface area contributed by atoms with Crippen molar-refractivity contribution >= 4 is 5.91 Å². The molecule has 1 saturated heterocycles. The van der Waals surface area contributed by atoms with Gasteiger partial charge in [-0.1, -0.05) is 13.0 Å². The summed E-state index contributed by atoms with van der Waals surface area (Å²) in [7, 11) is 0. The summed E-state index contributed by atoms with van der Waals surface area (Å²) >= 11 is 0. The number of furan rings is 1. The molecule has 116 valence electrons. The molecule has 0 saturated carbocycles. The molecule has 1 atom stereocenters. The molecule has 3 heterocycles. The maximum atomic E-state index is 12.4. The Bertz CT molecular complexity index is 624. The Balaban J connectivity index is 1.52. The quantitative estimate of drug-likeness (QED) is 0.852. The summed E-state index contributed by atoms with van der Waals surface area (Å²) in [6, 6.07) is 7.50. The molecule has 2 aromatic rings. The maximum absolute atomic E-state index is 12.4. The highest BCUT2D eigenvalue weighted by Gasteiger charge is 2.29. The highest BCUT2D eigenvalue weighted by Crippen LogP contribution is 2.18. The van der Waals surface area contributed by atoms with Gasteiger partial charge in [-0.15, -0.1) is 0 Å². The summed E-state index contributed by atoms with van der Waals surface area (Å²) < 4.78 is 11.4. The Morgan fingerprint density at radius 2 is 2.36 bits per heavy atom. The summed E-state index contributed by atoms with van der Waals surface area (Å²) in [6.45, 7) is 3.85. The number of ether oxygens (including phenoxy) is 1. The van der Waals surface area contributed by atoms with Gasteiger partial charge in [-0.25, -0.2) is 0 Å². The van der Waals surface area contributed by atoms with E-state index in [1.807, 2.05) is 25.1 Å². The number of likely N-dealkylation sites (tertiary alicyclic amines) is 1. The lowest BCUT2D eigenvalue weighted by Gasteiger charge is -2.15. The molecule has 1 aliphatic rings. The fraction of sp³-hybridized carbons (Fsp3) is 0.412. The number of carbonyl (C=O) groups excluding carboxylic acids is 1. The molecule has 1 aliphatic heterocycles. The van der Waals surface area contributed by atoms with Crippen molar-refractivity contribution in [3.63, 3.8) is 0 Å². The Kier molecular flexibility index (Phi) is 4.53. The van der Waals surface area contributed by atoms with E-state index < -0.39 is 0 Å². The SMILES string of the molecule is CCc1ccc(C(=O)N2CC[C@@H](OCc3cccnc3)C2)o1. The van der Waals surface area contributed by atoms with E-state index in [1.54, 1.807) is 23.4 Å². The minimum atomic E-state index is -0.0489. The van der Waals surface area contributed by atoms with E-state index in [0.29, 0.717) is 25.5 Å². The van der Waals surface area contributed by atoms with Crippen molar-refractivity contribution in [2.24, 2.45) is 0 Å². The number of hydrogen-bond donors (Lipinski definition) is 0. The van der Waals surface area contributed by atoms with Crippen molar-refractivity contribution in [2.75, 3.05) is 13.1 Å². The van der Waals surface area contributed by atoms with E-state index in [1.165, 1.54) is 0 Å². The van der Waals surface area contributed by atoms with Crippen molar-refractivity contribution in [3.05, 3.63) is 53.7 Å². The lowest BCUT2D eigenvalue weighted by molar-refractivity contribution is 0.0429. The van der Waals surface area contributed by atoms with E-state index >= 15 is 0 Å². The summed E-state index contributed by atoms with van der Waals surface area (Å²) in [5, 5.41) is 0. The molecule has 5 heteroatoms. The average Bonchev–Trinajstić information content (AvgIpc) is 3.22. The predicted octanol–water partition coefficient (Wildman–Crippen LogP) is 2.67. The second-order valence-electron chi connectivity index (χ2n) is 5.45. The Morgan fingerprint density at radius 3 is 3.09 bits per heavy atom. The number of aromatic nitrogens is 1. The molecular weight excluding hydrogens is 280 g/mol. The van der Waals surface area contributed by atoms with Gasteiger partial charge in [0.2, 0.25) is 0 Å². The van der Waals surface area contributed by atoms with Crippen molar-refractivity contribution in [1.29, 1.82) is 0 Å². The van der Waals surface area contributed by atoms with Crippen LogP contribution in [-0.2, 0) is 17.8 Å². The van der Waals surface area contributed by atoms with Crippen LogP contribution in [0.1, 0.15) is 35.2 Å². The molecule has 1 fully saturated rings. The Hall–Kier alpha value is -2.14. The Labute approximate surface area is 129 Å². The van der Waals surface area contributed by atoms with Crippen molar-refractivity contribution in [2.45, 2.75) is 32.5 Å². The smallest absolute Gasteiger partial charge is 0.289 e. The van der Waals surface area contributed by atoms with Gasteiger partial charge in [-0.3, -0.25) is 9.78 Å². The van der Waals surface area contributed by atoms with E-state index in [0.717, 1.165) is 24.2 Å². The minimum Gasteiger partial charge on any atom is -0.456 e. The molecule has 0 bridgehead atoms. The van der Waals surface area contributed by atoms with Crippen LogP contribution in [0, 0.1) is 0 Å². The molecule has 1 amide bonds. The van der Waals surface area contributed by atoms with E-state index in [9.17, 15) is 4.79 Å². The highest BCUT2D eigenvalue weighted by molar-refractivity contribution is 5.91. The number of amides is 1. The summed E-state index contributed by atoms with van der Waals surface area (Å²) in [5.74, 6) is 1.21. The van der Waals surface area contributed by atoms with Gasteiger partial charge in [0.1, 0.15) is 5.76 Å². The van der Waals surface area contributed by atoms with Crippen LogP contribution in [0.15, 0.2) is 41.1 Å². The molecule has 0 aromatic carbocycles. The number of pyridine rings is 1. The molecule has 0 N–H and O–H groups in total. The molecule has 3 rings (SSSR count). The third-order valence-electron chi connectivity index (χ3n) is 3.86. The number of rotatable bonds is 5. The predicted molar refractivity (Wildman–Crippen MR) is 81.4 cm³/mol. The van der Waals surface area contributed by atoms with Crippen LogP contribution in [0.4, 0.5) is 0 Å². The zero-order valence-corrected chi connectivity index (χ0v) is 12.7. The van der Waals surface area contributed by atoms with Gasteiger partial charge < -0.3 is 14.1 Å². The molecular formula is C17H20N2O3. The van der Waals surface area contributed by atoms with Gasteiger partial charge in [0.25, 0.3) is 5.91 Å². The molecule has 5 nitrogen and oxygen atoms in total. The first-order valence-electron chi connectivity index (χ1n) is 7.64.